The molecule has 6 nitrogen and oxygen atoms in total. The lowest BCUT2D eigenvalue weighted by atomic mass is 10.2. The van der Waals surface area contributed by atoms with Crippen molar-refractivity contribution in [1.82, 2.24) is 9.21 Å². The van der Waals surface area contributed by atoms with Crippen LogP contribution in [0.4, 0.5) is 0 Å². The van der Waals surface area contributed by atoms with Gasteiger partial charge in [0, 0.05) is 25.7 Å². The van der Waals surface area contributed by atoms with Gasteiger partial charge in [0.15, 0.2) is 0 Å². The van der Waals surface area contributed by atoms with Crippen LogP contribution in [0.5, 0.6) is 5.75 Å². The molecule has 0 N–H and O–H groups in total. The van der Waals surface area contributed by atoms with Gasteiger partial charge in [0.05, 0.1) is 11.4 Å². The Morgan fingerprint density at radius 1 is 1.00 bits per heavy atom. The van der Waals surface area contributed by atoms with Gasteiger partial charge in [-0.3, -0.25) is 4.79 Å². The molecular weight excluding hydrogens is 376 g/mol. The number of carbonyl (C=O) groups is 1. The van der Waals surface area contributed by atoms with Crippen molar-refractivity contribution < 1.29 is 17.9 Å². The number of likely N-dealkylation sites (N-methyl/N-ethyl adjacent to an activating group) is 1. The van der Waals surface area contributed by atoms with Gasteiger partial charge in [-0.1, -0.05) is 24.6 Å². The molecule has 1 fully saturated rings. The van der Waals surface area contributed by atoms with Crippen molar-refractivity contribution in [3.8, 4) is 5.75 Å². The lowest BCUT2D eigenvalue weighted by Crippen LogP contribution is -2.35. The fourth-order valence-electron chi connectivity index (χ4n) is 3.16. The third-order valence-electron chi connectivity index (χ3n) is 4.84. The number of ether oxygens (including phenoxy) is 1. The van der Waals surface area contributed by atoms with Gasteiger partial charge >= 0.3 is 0 Å². The molecule has 2 aromatic carbocycles. The zero-order chi connectivity index (χ0) is 20.0. The standard InChI is InChI=1S/C21H26N2O4S/c1-22(16-17-27-19-8-4-2-5-9-19)21(24)18-10-12-20(13-11-18)28(25,26)23-14-6-3-7-15-23/h2,4-5,8-13H,3,6-7,14-17H2,1H3. The second-order valence-electron chi connectivity index (χ2n) is 6.88. The highest BCUT2D eigenvalue weighted by Crippen LogP contribution is 2.21. The van der Waals surface area contributed by atoms with E-state index in [4.69, 9.17) is 4.74 Å². The summed E-state index contributed by atoms with van der Waals surface area (Å²) in [5.41, 5.74) is 0.458. The minimum Gasteiger partial charge on any atom is -0.492 e. The lowest BCUT2D eigenvalue weighted by Gasteiger charge is -2.26. The number of hydrogen-bond donors (Lipinski definition) is 0. The summed E-state index contributed by atoms with van der Waals surface area (Å²) in [5.74, 6) is 0.592. The Morgan fingerprint density at radius 2 is 1.64 bits per heavy atom. The van der Waals surface area contributed by atoms with Crippen LogP contribution in [0.25, 0.3) is 0 Å². The van der Waals surface area contributed by atoms with E-state index in [1.54, 1.807) is 24.1 Å². The fourth-order valence-corrected chi connectivity index (χ4v) is 4.68. The van der Waals surface area contributed by atoms with Gasteiger partial charge in [-0.05, 0) is 49.2 Å². The summed E-state index contributed by atoms with van der Waals surface area (Å²) in [6.07, 6.45) is 2.86. The van der Waals surface area contributed by atoms with E-state index in [-0.39, 0.29) is 10.8 Å². The molecule has 0 saturated carbocycles. The van der Waals surface area contributed by atoms with E-state index in [9.17, 15) is 13.2 Å². The lowest BCUT2D eigenvalue weighted by molar-refractivity contribution is 0.0773. The van der Waals surface area contributed by atoms with Crippen molar-refractivity contribution in [2.45, 2.75) is 24.2 Å². The first-order valence-electron chi connectivity index (χ1n) is 9.52. The molecule has 1 saturated heterocycles. The second-order valence-corrected chi connectivity index (χ2v) is 8.82. The molecule has 0 radical (unpaired) electrons. The molecule has 1 aliphatic rings. The van der Waals surface area contributed by atoms with Crippen LogP contribution >= 0.6 is 0 Å². The van der Waals surface area contributed by atoms with Gasteiger partial charge < -0.3 is 9.64 Å². The maximum absolute atomic E-state index is 12.7. The fraction of sp³-hybridized carbons (Fsp3) is 0.381. The summed E-state index contributed by atoms with van der Waals surface area (Å²) >= 11 is 0. The van der Waals surface area contributed by atoms with Gasteiger partial charge in [-0.2, -0.15) is 4.31 Å². The highest BCUT2D eigenvalue weighted by Gasteiger charge is 2.26. The van der Waals surface area contributed by atoms with Crippen LogP contribution in [0.15, 0.2) is 59.5 Å². The Morgan fingerprint density at radius 3 is 2.29 bits per heavy atom. The summed E-state index contributed by atoms with van der Waals surface area (Å²) in [5, 5.41) is 0. The van der Waals surface area contributed by atoms with Crippen molar-refractivity contribution >= 4 is 15.9 Å². The predicted molar refractivity (Wildman–Crippen MR) is 108 cm³/mol. The van der Waals surface area contributed by atoms with Crippen LogP contribution in [-0.2, 0) is 10.0 Å². The highest BCUT2D eigenvalue weighted by atomic mass is 32.2. The first-order valence-corrected chi connectivity index (χ1v) is 11.0. The summed E-state index contributed by atoms with van der Waals surface area (Å²) in [7, 11) is -1.78. The summed E-state index contributed by atoms with van der Waals surface area (Å²) in [6.45, 7) is 1.94. The van der Waals surface area contributed by atoms with Crippen molar-refractivity contribution in [2.75, 3.05) is 33.3 Å². The van der Waals surface area contributed by atoms with Gasteiger partial charge in [-0.15, -0.1) is 0 Å². The SMILES string of the molecule is CN(CCOc1ccccc1)C(=O)c1ccc(S(=O)(=O)N2CCCCC2)cc1. The molecule has 28 heavy (non-hydrogen) atoms. The number of amides is 1. The number of carbonyl (C=O) groups excluding carboxylic acids is 1. The van der Waals surface area contributed by atoms with Crippen LogP contribution in [0, 0.1) is 0 Å². The van der Waals surface area contributed by atoms with E-state index in [0.29, 0.717) is 31.8 Å². The van der Waals surface area contributed by atoms with E-state index >= 15 is 0 Å². The van der Waals surface area contributed by atoms with Gasteiger partial charge in [-0.25, -0.2) is 8.42 Å². The minimum absolute atomic E-state index is 0.168. The van der Waals surface area contributed by atoms with Gasteiger partial charge in [0.2, 0.25) is 10.0 Å². The van der Waals surface area contributed by atoms with Crippen molar-refractivity contribution in [3.05, 3.63) is 60.2 Å². The maximum atomic E-state index is 12.7. The predicted octanol–water partition coefficient (Wildman–Crippen LogP) is 3.01. The van der Waals surface area contributed by atoms with Crippen LogP contribution in [0.3, 0.4) is 0 Å². The topological polar surface area (TPSA) is 66.9 Å². The zero-order valence-corrected chi connectivity index (χ0v) is 16.9. The van der Waals surface area contributed by atoms with E-state index in [1.807, 2.05) is 30.3 Å². The number of sulfonamides is 1. The van der Waals surface area contributed by atoms with Crippen LogP contribution in [0.2, 0.25) is 0 Å². The Bertz CT molecular complexity index is 876. The summed E-state index contributed by atoms with van der Waals surface area (Å²) < 4.78 is 32.5. The summed E-state index contributed by atoms with van der Waals surface area (Å²) in [6, 6.07) is 15.6. The molecule has 0 atom stereocenters. The number of benzene rings is 2. The molecule has 0 aliphatic carbocycles. The van der Waals surface area contributed by atoms with Crippen LogP contribution < -0.4 is 4.74 Å². The first-order chi connectivity index (χ1) is 13.5. The first kappa shape index (κ1) is 20.4. The maximum Gasteiger partial charge on any atom is 0.253 e. The van der Waals surface area contributed by atoms with Crippen LogP contribution in [-0.4, -0.2) is 56.8 Å². The smallest absolute Gasteiger partial charge is 0.253 e. The molecule has 0 bridgehead atoms. The van der Waals surface area contributed by atoms with Gasteiger partial charge in [0.25, 0.3) is 5.91 Å². The minimum atomic E-state index is -3.48. The molecule has 150 valence electrons. The van der Waals surface area contributed by atoms with Crippen LogP contribution in [0.1, 0.15) is 29.6 Å². The average Bonchev–Trinajstić information content (AvgIpc) is 2.74. The normalized spacial score (nSPS) is 15.2. The van der Waals surface area contributed by atoms with Gasteiger partial charge in [0.1, 0.15) is 12.4 Å². The van der Waals surface area contributed by atoms with E-state index in [1.165, 1.54) is 16.4 Å². The Kier molecular flexibility index (Phi) is 6.70. The number of hydrogen-bond acceptors (Lipinski definition) is 4. The Hall–Kier alpha value is -2.38. The third kappa shape index (κ3) is 4.91. The summed E-state index contributed by atoms with van der Waals surface area (Å²) in [4.78, 5) is 14.4. The largest absolute Gasteiger partial charge is 0.492 e. The third-order valence-corrected chi connectivity index (χ3v) is 6.75. The zero-order valence-electron chi connectivity index (χ0n) is 16.1. The van der Waals surface area contributed by atoms with E-state index in [2.05, 4.69) is 0 Å². The molecule has 2 aromatic rings. The van der Waals surface area contributed by atoms with E-state index < -0.39 is 10.0 Å². The molecule has 0 spiro atoms. The molecule has 0 unspecified atom stereocenters. The number of para-hydroxylation sites is 1. The molecule has 1 heterocycles. The quantitative estimate of drug-likeness (QED) is 0.714. The number of nitrogens with zero attached hydrogens (tertiary/aromatic N) is 2. The monoisotopic (exact) mass is 402 g/mol. The Labute approximate surface area is 166 Å². The molecule has 1 aliphatic heterocycles. The molecule has 1 amide bonds. The van der Waals surface area contributed by atoms with E-state index in [0.717, 1.165) is 25.0 Å². The highest BCUT2D eigenvalue weighted by molar-refractivity contribution is 7.89. The average molecular weight is 403 g/mol. The van der Waals surface area contributed by atoms with Crippen molar-refractivity contribution in [2.24, 2.45) is 0 Å². The Balaban J connectivity index is 1.58. The van der Waals surface area contributed by atoms with Crippen molar-refractivity contribution in [3.63, 3.8) is 0 Å². The molecular formula is C21H26N2O4S. The molecule has 0 aromatic heterocycles. The molecule has 3 rings (SSSR count). The molecule has 7 heteroatoms. The number of rotatable bonds is 7. The second kappa shape index (κ2) is 9.21. The number of piperidine rings is 1. The van der Waals surface area contributed by atoms with Crippen molar-refractivity contribution in [1.29, 1.82) is 0 Å².